The zero-order valence-corrected chi connectivity index (χ0v) is 8.27. The average molecular weight is 242 g/mol. The van der Waals surface area contributed by atoms with Gasteiger partial charge in [-0.1, -0.05) is 0 Å². The minimum Gasteiger partial charge on any atom is -0.480 e. The number of halogens is 1. The molecule has 0 aliphatic carbocycles. The van der Waals surface area contributed by atoms with E-state index in [1.807, 2.05) is 0 Å². The number of hydrogen-bond donors (Lipinski definition) is 2. The van der Waals surface area contributed by atoms with Crippen molar-refractivity contribution in [1.82, 2.24) is 4.34 Å². The van der Waals surface area contributed by atoms with Crippen LogP contribution in [0.15, 0.2) is 0 Å². The van der Waals surface area contributed by atoms with Gasteiger partial charge >= 0.3 is 5.97 Å². The number of rotatable bonds is 6. The molecule has 0 aromatic rings. The molecule has 4 nitrogen and oxygen atoms in total. The summed E-state index contributed by atoms with van der Waals surface area (Å²) in [4.78, 5) is 10.4. The first-order valence-electron chi connectivity index (χ1n) is 3.10. The Morgan fingerprint density at radius 3 is 2.73 bits per heavy atom. The zero-order valence-electron chi connectivity index (χ0n) is 5.79. The minimum atomic E-state index is -0.899. The van der Waals surface area contributed by atoms with Crippen molar-refractivity contribution in [3.63, 3.8) is 0 Å². The van der Waals surface area contributed by atoms with Gasteiger partial charge in [0.25, 0.3) is 0 Å². The fourth-order valence-electron chi connectivity index (χ4n) is 0.585. The van der Waals surface area contributed by atoms with E-state index >= 15 is 0 Å². The van der Waals surface area contributed by atoms with Crippen LogP contribution < -0.4 is 4.34 Å². The van der Waals surface area contributed by atoms with Gasteiger partial charge in [0.15, 0.2) is 8.46 Å². The quantitative estimate of drug-likeness (QED) is 0.419. The van der Waals surface area contributed by atoms with Crippen LogP contribution in [0.2, 0.25) is 0 Å². The van der Waals surface area contributed by atoms with Gasteiger partial charge in [-0.3, -0.25) is 9.36 Å². The van der Waals surface area contributed by atoms with Crippen LogP contribution in [-0.4, -0.2) is 23.3 Å². The molecule has 0 aromatic heterocycles. The normalized spacial score (nSPS) is 13.2. The maximum absolute atomic E-state index is 10.4. The highest BCUT2D eigenvalue weighted by atomic mass is 79.9. The second-order valence-electron chi connectivity index (χ2n) is 1.99. The number of aliphatic carboxylic acids is 1. The number of carboxylic acids is 1. The van der Waals surface area contributed by atoms with Gasteiger partial charge in [-0.05, 0) is 12.8 Å². The lowest BCUT2D eigenvalue weighted by Gasteiger charge is -2.06. The number of carbonyl (C=O) groups is 1. The molecule has 0 aliphatic heterocycles. The lowest BCUT2D eigenvalue weighted by molar-refractivity contribution is -0.139. The smallest absolute Gasteiger partial charge is 0.321 e. The molecule has 0 aliphatic rings. The molecule has 0 bridgehead atoms. The van der Waals surface area contributed by atoms with Crippen molar-refractivity contribution < 1.29 is 14.5 Å². The van der Waals surface area contributed by atoms with Gasteiger partial charge in [0.1, 0.15) is 6.04 Å². The van der Waals surface area contributed by atoms with E-state index in [9.17, 15) is 9.36 Å². The highest BCUT2D eigenvalue weighted by Gasteiger charge is 2.14. The van der Waals surface area contributed by atoms with E-state index in [4.69, 9.17) is 5.11 Å². The number of carboxylic acid groups (broad SMARTS) is 1. The van der Waals surface area contributed by atoms with Crippen molar-refractivity contribution >= 4 is 30.6 Å². The molecule has 2 N–H and O–H groups in total. The van der Waals surface area contributed by atoms with Gasteiger partial charge in [0, 0.05) is 22.3 Å². The summed E-state index contributed by atoms with van der Waals surface area (Å²) in [6, 6.07) is -0.586. The molecular formula is C5H9BrNO3P. The predicted octanol–water partition coefficient (Wildman–Crippen LogP) is 1.41. The first-order chi connectivity index (χ1) is 5.22. The van der Waals surface area contributed by atoms with Crippen molar-refractivity contribution in [2.45, 2.75) is 18.9 Å². The molecule has 6 heteroatoms. The van der Waals surface area contributed by atoms with Crippen LogP contribution in [0.4, 0.5) is 0 Å². The Bertz CT molecular complexity index is 144. The minimum absolute atomic E-state index is 0.0730. The largest absolute Gasteiger partial charge is 0.480 e. The van der Waals surface area contributed by atoms with E-state index in [2.05, 4.69) is 20.5 Å². The van der Waals surface area contributed by atoms with E-state index < -0.39 is 12.0 Å². The topological polar surface area (TPSA) is 66.4 Å². The molecule has 0 saturated carbocycles. The Hall–Kier alpha value is 0.01000. The third-order valence-electron chi connectivity index (χ3n) is 1.17. The van der Waals surface area contributed by atoms with Gasteiger partial charge in [0.05, 0.1) is 0 Å². The Labute approximate surface area is 74.9 Å². The monoisotopic (exact) mass is 241 g/mol. The van der Waals surface area contributed by atoms with Crippen LogP contribution >= 0.6 is 24.6 Å². The molecule has 0 amide bonds. The summed E-state index contributed by atoms with van der Waals surface area (Å²) in [6.45, 7) is 0. The SMILES string of the molecule is O=PCCCC(NBr)C(=O)O. The summed E-state index contributed by atoms with van der Waals surface area (Å²) in [5.74, 6) is -0.899. The molecule has 0 spiro atoms. The van der Waals surface area contributed by atoms with Gasteiger partial charge in [0.2, 0.25) is 0 Å². The van der Waals surface area contributed by atoms with E-state index in [0.29, 0.717) is 19.0 Å². The Morgan fingerprint density at radius 1 is 1.73 bits per heavy atom. The van der Waals surface area contributed by atoms with E-state index in [1.54, 1.807) is 0 Å². The van der Waals surface area contributed by atoms with Gasteiger partial charge in [-0.2, -0.15) is 0 Å². The lowest BCUT2D eigenvalue weighted by atomic mass is 10.2. The third kappa shape index (κ3) is 5.30. The fraction of sp³-hybridized carbons (Fsp3) is 0.800. The molecule has 0 fully saturated rings. The number of nitrogens with one attached hydrogen (secondary N) is 1. The van der Waals surface area contributed by atoms with Crippen molar-refractivity contribution in [2.75, 3.05) is 6.16 Å². The molecule has 1 atom stereocenters. The van der Waals surface area contributed by atoms with Crippen molar-refractivity contribution in [3.05, 3.63) is 0 Å². The summed E-state index contributed by atoms with van der Waals surface area (Å²) >= 11 is 2.86. The van der Waals surface area contributed by atoms with Crippen LogP contribution in [0.25, 0.3) is 0 Å². The summed E-state index contributed by atoms with van der Waals surface area (Å²) in [5.41, 5.74) is 0. The molecule has 0 rings (SSSR count). The molecule has 0 heterocycles. The first-order valence-corrected chi connectivity index (χ1v) is 4.89. The molecule has 64 valence electrons. The Balaban J connectivity index is 3.52. The average Bonchev–Trinajstić information content (AvgIpc) is 1.97. The van der Waals surface area contributed by atoms with E-state index in [0.717, 1.165) is 0 Å². The maximum Gasteiger partial charge on any atom is 0.321 e. The Morgan fingerprint density at radius 2 is 2.36 bits per heavy atom. The highest BCUT2D eigenvalue weighted by Crippen LogP contribution is 2.04. The van der Waals surface area contributed by atoms with Crippen molar-refractivity contribution in [3.8, 4) is 0 Å². The first kappa shape index (κ1) is 11.0. The Kier molecular flexibility index (Phi) is 6.71. The fourth-order valence-corrected chi connectivity index (χ4v) is 1.32. The van der Waals surface area contributed by atoms with Gasteiger partial charge < -0.3 is 5.11 Å². The van der Waals surface area contributed by atoms with Gasteiger partial charge in [-0.25, -0.2) is 4.34 Å². The molecule has 0 radical (unpaired) electrons. The highest BCUT2D eigenvalue weighted by molar-refractivity contribution is 9.08. The summed E-state index contributed by atoms with van der Waals surface area (Å²) < 4.78 is 12.4. The van der Waals surface area contributed by atoms with Crippen LogP contribution in [-0.2, 0) is 9.36 Å². The maximum atomic E-state index is 10.4. The second kappa shape index (κ2) is 6.70. The van der Waals surface area contributed by atoms with Crippen LogP contribution in [0.5, 0.6) is 0 Å². The van der Waals surface area contributed by atoms with Gasteiger partial charge in [-0.15, -0.1) is 0 Å². The molecular weight excluding hydrogens is 233 g/mol. The standard InChI is InChI=1S/C5H9BrNO3P/c6-7-4(5(8)9)2-1-3-11-10/h4,7H,1-3H2,(H,8,9). The second-order valence-corrected chi connectivity index (χ2v) is 3.16. The van der Waals surface area contributed by atoms with E-state index in [1.165, 1.54) is 0 Å². The summed E-state index contributed by atoms with van der Waals surface area (Å²) in [6.07, 6.45) is 1.63. The number of hydrogen-bond acceptors (Lipinski definition) is 3. The molecule has 1 unspecified atom stereocenters. The molecule has 11 heavy (non-hydrogen) atoms. The predicted molar refractivity (Wildman–Crippen MR) is 45.2 cm³/mol. The van der Waals surface area contributed by atoms with Crippen LogP contribution in [0, 0.1) is 0 Å². The van der Waals surface area contributed by atoms with Crippen molar-refractivity contribution in [2.24, 2.45) is 0 Å². The lowest BCUT2D eigenvalue weighted by Crippen LogP contribution is -2.29. The molecule has 0 aromatic carbocycles. The zero-order chi connectivity index (χ0) is 8.69. The van der Waals surface area contributed by atoms with Crippen molar-refractivity contribution in [1.29, 1.82) is 0 Å². The summed E-state index contributed by atoms with van der Waals surface area (Å²) in [7, 11) is 0.0730. The van der Waals surface area contributed by atoms with Crippen LogP contribution in [0.3, 0.4) is 0 Å². The molecule has 0 saturated heterocycles. The van der Waals surface area contributed by atoms with E-state index in [-0.39, 0.29) is 8.46 Å². The third-order valence-corrected chi connectivity index (χ3v) is 2.22. The summed E-state index contributed by atoms with van der Waals surface area (Å²) in [5, 5.41) is 8.50. The van der Waals surface area contributed by atoms with Crippen LogP contribution in [0.1, 0.15) is 12.8 Å².